The third kappa shape index (κ3) is 3.94. The summed E-state index contributed by atoms with van der Waals surface area (Å²) in [6.45, 7) is 0. The minimum absolute atomic E-state index is 0.0317. The molecule has 0 fully saturated rings. The van der Waals surface area contributed by atoms with Gasteiger partial charge in [0.15, 0.2) is 0 Å². The van der Waals surface area contributed by atoms with Crippen molar-refractivity contribution in [3.05, 3.63) is 65.7 Å². The summed E-state index contributed by atoms with van der Waals surface area (Å²) in [5.41, 5.74) is 1.96. The normalized spacial score (nSPS) is 11.4. The molecule has 0 aliphatic heterocycles. The van der Waals surface area contributed by atoms with Crippen molar-refractivity contribution in [2.45, 2.75) is 4.90 Å². The number of halogens is 1. The third-order valence-corrected chi connectivity index (χ3v) is 7.19. The molecule has 0 saturated carbocycles. The molecule has 9 heteroatoms. The van der Waals surface area contributed by atoms with E-state index >= 15 is 0 Å². The Bertz CT molecular complexity index is 1300. The van der Waals surface area contributed by atoms with E-state index < -0.39 is 10.0 Å². The number of benzene rings is 3. The number of nitrogens with one attached hydrogen (secondary N) is 1. The van der Waals surface area contributed by atoms with E-state index in [1.54, 1.807) is 24.3 Å². The van der Waals surface area contributed by atoms with E-state index in [-0.39, 0.29) is 10.6 Å². The Morgan fingerprint density at radius 1 is 1.00 bits per heavy atom. The molecule has 0 saturated heterocycles. The first kappa shape index (κ1) is 20.5. The van der Waals surface area contributed by atoms with Crippen molar-refractivity contribution in [1.29, 1.82) is 0 Å². The molecule has 154 valence electrons. The molecule has 4 aromatic rings. The van der Waals surface area contributed by atoms with Gasteiger partial charge in [-0.25, -0.2) is 13.4 Å². The average molecular weight is 461 g/mol. The third-order valence-electron chi connectivity index (χ3n) is 4.41. The molecular formula is C21H17ClN2O4S2. The molecule has 0 atom stereocenters. The van der Waals surface area contributed by atoms with Gasteiger partial charge in [-0.05, 0) is 42.5 Å². The van der Waals surface area contributed by atoms with Crippen LogP contribution in [0.3, 0.4) is 0 Å². The maximum absolute atomic E-state index is 12.9. The van der Waals surface area contributed by atoms with Crippen molar-refractivity contribution in [2.75, 3.05) is 18.9 Å². The summed E-state index contributed by atoms with van der Waals surface area (Å²) in [6, 6.07) is 17.3. The fourth-order valence-electron chi connectivity index (χ4n) is 2.94. The van der Waals surface area contributed by atoms with Crippen LogP contribution in [0.25, 0.3) is 20.8 Å². The van der Waals surface area contributed by atoms with Crippen LogP contribution in [0, 0.1) is 0 Å². The molecule has 1 heterocycles. The summed E-state index contributed by atoms with van der Waals surface area (Å²) < 4.78 is 39.8. The van der Waals surface area contributed by atoms with Gasteiger partial charge in [-0.15, -0.1) is 11.3 Å². The SMILES string of the molecule is COc1ccc(OC)c(S(=O)(=O)Nc2ccc(-c3nc4ccccc4s3)c(Cl)c2)c1. The molecular weight excluding hydrogens is 444 g/mol. The lowest BCUT2D eigenvalue weighted by molar-refractivity contribution is 0.392. The molecule has 4 rings (SSSR count). The summed E-state index contributed by atoms with van der Waals surface area (Å²) in [5.74, 6) is 0.612. The molecule has 0 amide bonds. The van der Waals surface area contributed by atoms with Gasteiger partial charge >= 0.3 is 0 Å². The lowest BCUT2D eigenvalue weighted by Crippen LogP contribution is -2.14. The van der Waals surface area contributed by atoms with Gasteiger partial charge in [-0.2, -0.15) is 0 Å². The highest BCUT2D eigenvalue weighted by molar-refractivity contribution is 7.92. The highest BCUT2D eigenvalue weighted by Gasteiger charge is 2.21. The monoisotopic (exact) mass is 460 g/mol. The molecule has 6 nitrogen and oxygen atoms in total. The number of rotatable bonds is 6. The summed E-state index contributed by atoms with van der Waals surface area (Å²) >= 11 is 7.98. The predicted molar refractivity (Wildman–Crippen MR) is 120 cm³/mol. The van der Waals surface area contributed by atoms with E-state index in [1.165, 1.54) is 37.7 Å². The van der Waals surface area contributed by atoms with Gasteiger partial charge in [0.1, 0.15) is 21.4 Å². The molecule has 30 heavy (non-hydrogen) atoms. The second-order valence-electron chi connectivity index (χ2n) is 6.30. The fraction of sp³-hybridized carbons (Fsp3) is 0.0952. The van der Waals surface area contributed by atoms with Crippen LogP contribution in [0.1, 0.15) is 0 Å². The van der Waals surface area contributed by atoms with Crippen LogP contribution < -0.4 is 14.2 Å². The summed E-state index contributed by atoms with van der Waals surface area (Å²) in [5, 5.41) is 1.16. The molecule has 0 aliphatic carbocycles. The van der Waals surface area contributed by atoms with Gasteiger partial charge in [-0.1, -0.05) is 23.7 Å². The zero-order chi connectivity index (χ0) is 21.3. The van der Waals surface area contributed by atoms with Crippen LogP contribution in [-0.2, 0) is 10.0 Å². The number of fused-ring (bicyclic) bond motifs is 1. The minimum atomic E-state index is -3.93. The number of sulfonamides is 1. The zero-order valence-corrected chi connectivity index (χ0v) is 18.4. The number of hydrogen-bond acceptors (Lipinski definition) is 6. The van der Waals surface area contributed by atoms with Gasteiger partial charge in [0.2, 0.25) is 0 Å². The molecule has 1 N–H and O–H groups in total. The smallest absolute Gasteiger partial charge is 0.265 e. The van der Waals surface area contributed by atoms with Crippen LogP contribution >= 0.6 is 22.9 Å². The first-order valence-electron chi connectivity index (χ1n) is 8.81. The molecule has 0 bridgehead atoms. The van der Waals surface area contributed by atoms with E-state index in [0.29, 0.717) is 16.5 Å². The first-order chi connectivity index (χ1) is 14.4. The highest BCUT2D eigenvalue weighted by atomic mass is 35.5. The summed E-state index contributed by atoms with van der Waals surface area (Å²) in [7, 11) is -1.06. The number of thiazole rings is 1. The van der Waals surface area contributed by atoms with E-state index in [1.807, 2.05) is 24.3 Å². The predicted octanol–water partition coefficient (Wildman–Crippen LogP) is 5.43. The molecule has 0 aliphatic rings. The Hall–Kier alpha value is -2.81. The zero-order valence-electron chi connectivity index (χ0n) is 16.0. The topological polar surface area (TPSA) is 77.5 Å². The lowest BCUT2D eigenvalue weighted by atomic mass is 10.2. The molecule has 0 unspecified atom stereocenters. The maximum Gasteiger partial charge on any atom is 0.265 e. The Morgan fingerprint density at radius 3 is 2.50 bits per heavy atom. The van der Waals surface area contributed by atoms with Crippen LogP contribution in [0.2, 0.25) is 5.02 Å². The van der Waals surface area contributed by atoms with Crippen molar-refractivity contribution >= 4 is 48.9 Å². The van der Waals surface area contributed by atoms with E-state index in [2.05, 4.69) is 9.71 Å². The average Bonchev–Trinajstić information content (AvgIpc) is 3.17. The van der Waals surface area contributed by atoms with Gasteiger partial charge in [0.05, 0.1) is 35.1 Å². The van der Waals surface area contributed by atoms with E-state index in [9.17, 15) is 8.42 Å². The van der Waals surface area contributed by atoms with Gasteiger partial charge < -0.3 is 9.47 Å². The number of methoxy groups -OCH3 is 2. The lowest BCUT2D eigenvalue weighted by Gasteiger charge is -2.13. The Balaban J connectivity index is 1.66. The minimum Gasteiger partial charge on any atom is -0.497 e. The molecule has 0 spiro atoms. The standard InChI is InChI=1S/C21H17ClN2O4S2/c1-27-14-8-10-18(28-2)20(12-14)30(25,26)24-13-7-9-15(16(22)11-13)21-23-17-5-3-4-6-19(17)29-21/h3-12,24H,1-2H3. The van der Waals surface area contributed by atoms with Crippen LogP contribution in [0.4, 0.5) is 5.69 Å². The first-order valence-corrected chi connectivity index (χ1v) is 11.5. The molecule has 1 aromatic heterocycles. The van der Waals surface area contributed by atoms with Gasteiger partial charge in [0.25, 0.3) is 10.0 Å². The van der Waals surface area contributed by atoms with Crippen LogP contribution in [-0.4, -0.2) is 27.6 Å². The van der Waals surface area contributed by atoms with E-state index in [4.69, 9.17) is 21.1 Å². The Morgan fingerprint density at radius 2 is 1.80 bits per heavy atom. The van der Waals surface area contributed by atoms with Crippen LogP contribution in [0.5, 0.6) is 11.5 Å². The van der Waals surface area contributed by atoms with Gasteiger partial charge in [-0.3, -0.25) is 4.72 Å². The quantitative estimate of drug-likeness (QED) is 0.415. The largest absolute Gasteiger partial charge is 0.497 e. The Kier molecular flexibility index (Phi) is 5.55. The number of hydrogen-bond donors (Lipinski definition) is 1. The number of aromatic nitrogens is 1. The Labute approximate surface area is 183 Å². The number of nitrogens with zero attached hydrogens (tertiary/aromatic N) is 1. The number of anilines is 1. The second-order valence-corrected chi connectivity index (χ2v) is 9.39. The maximum atomic E-state index is 12.9. The summed E-state index contributed by atoms with van der Waals surface area (Å²) in [6.07, 6.45) is 0. The summed E-state index contributed by atoms with van der Waals surface area (Å²) in [4.78, 5) is 4.57. The highest BCUT2D eigenvalue weighted by Crippen LogP contribution is 2.36. The van der Waals surface area contributed by atoms with Crippen molar-refractivity contribution in [3.63, 3.8) is 0 Å². The molecule has 3 aromatic carbocycles. The van der Waals surface area contributed by atoms with E-state index in [0.717, 1.165) is 20.8 Å². The number of para-hydroxylation sites is 1. The van der Waals surface area contributed by atoms with Crippen molar-refractivity contribution in [1.82, 2.24) is 4.98 Å². The van der Waals surface area contributed by atoms with Crippen molar-refractivity contribution in [3.8, 4) is 22.1 Å². The van der Waals surface area contributed by atoms with Crippen LogP contribution in [0.15, 0.2) is 65.6 Å². The van der Waals surface area contributed by atoms with Crippen molar-refractivity contribution in [2.24, 2.45) is 0 Å². The molecule has 0 radical (unpaired) electrons. The number of ether oxygens (including phenoxy) is 2. The van der Waals surface area contributed by atoms with Gasteiger partial charge in [0, 0.05) is 11.6 Å². The van der Waals surface area contributed by atoms with Crippen molar-refractivity contribution < 1.29 is 17.9 Å². The fourth-order valence-corrected chi connectivity index (χ4v) is 5.51. The second kappa shape index (κ2) is 8.14.